The molecular weight excluding hydrogens is 639 g/mol. The van der Waals surface area contributed by atoms with Crippen LogP contribution in [0.5, 0.6) is 0 Å². The van der Waals surface area contributed by atoms with Gasteiger partial charge in [0.25, 0.3) is 0 Å². The number of nitrogens with one attached hydrogen (secondary N) is 4. The number of hydrogen-bond donors (Lipinski definition) is 5. The molecule has 2 aromatic carbocycles. The molecule has 0 radical (unpaired) electrons. The van der Waals surface area contributed by atoms with Gasteiger partial charge in [0.2, 0.25) is 0 Å². The number of amides is 1. The van der Waals surface area contributed by atoms with Crippen molar-refractivity contribution >= 4 is 58.3 Å². The van der Waals surface area contributed by atoms with Gasteiger partial charge in [0.1, 0.15) is 29.6 Å². The molecule has 1 amide bonds. The Morgan fingerprint density at radius 3 is 2.52 bits per heavy atom. The van der Waals surface area contributed by atoms with Gasteiger partial charge >= 0.3 is 12.1 Å². The molecule has 4 aromatic rings. The van der Waals surface area contributed by atoms with Crippen molar-refractivity contribution in [1.29, 1.82) is 0 Å². The molecule has 0 bridgehead atoms. The number of carbonyl (C=O) groups is 2. The van der Waals surface area contributed by atoms with Crippen LogP contribution in [0.3, 0.4) is 0 Å². The van der Waals surface area contributed by atoms with Crippen molar-refractivity contribution in [2.24, 2.45) is 0 Å². The Morgan fingerprint density at radius 2 is 1.72 bits per heavy atom. The summed E-state index contributed by atoms with van der Waals surface area (Å²) in [5.74, 6) is 1.17. The molecule has 0 saturated heterocycles. The molecule has 0 saturated carbocycles. The monoisotopic (exact) mass is 672 g/mol. The SMILES string of the molecule is COCCOCCOC(=O)NCCNc1nc(C)nc(Nc2ccccc2C(=O)O)c1NCc1ccc(-c2cc(Cl)ccc2Cl)o1. The van der Waals surface area contributed by atoms with Crippen LogP contribution in [0, 0.1) is 6.92 Å². The van der Waals surface area contributed by atoms with Crippen molar-refractivity contribution in [1.82, 2.24) is 15.3 Å². The van der Waals surface area contributed by atoms with Crippen LogP contribution in [-0.2, 0) is 20.8 Å². The van der Waals surface area contributed by atoms with Gasteiger partial charge in [-0.2, -0.15) is 0 Å². The highest BCUT2D eigenvalue weighted by molar-refractivity contribution is 6.35. The molecule has 2 aromatic heterocycles. The fraction of sp³-hybridized carbons (Fsp3) is 0.290. The molecule has 244 valence electrons. The second-order valence-corrected chi connectivity index (χ2v) is 10.5. The normalized spacial score (nSPS) is 10.8. The smallest absolute Gasteiger partial charge is 0.407 e. The summed E-state index contributed by atoms with van der Waals surface area (Å²) in [4.78, 5) is 33.0. The maximum atomic E-state index is 12.0. The van der Waals surface area contributed by atoms with Crippen LogP contribution in [0.25, 0.3) is 11.3 Å². The van der Waals surface area contributed by atoms with Crippen molar-refractivity contribution in [3.05, 3.63) is 81.8 Å². The number of ether oxygens (including phenoxy) is 3. The number of aromatic nitrogens is 2. The lowest BCUT2D eigenvalue weighted by atomic mass is 10.2. The van der Waals surface area contributed by atoms with E-state index >= 15 is 0 Å². The Bertz CT molecular complexity index is 1630. The summed E-state index contributed by atoms with van der Waals surface area (Å²) in [6.45, 7) is 3.66. The number of aromatic carboxylic acids is 1. The Labute approximate surface area is 275 Å². The third-order valence-electron chi connectivity index (χ3n) is 6.31. The first-order valence-corrected chi connectivity index (χ1v) is 15.0. The van der Waals surface area contributed by atoms with Gasteiger partial charge in [-0.25, -0.2) is 19.6 Å². The van der Waals surface area contributed by atoms with E-state index in [1.165, 1.54) is 6.07 Å². The number of carbonyl (C=O) groups excluding carboxylic acids is 1. The van der Waals surface area contributed by atoms with Crippen LogP contribution in [-0.4, -0.2) is 73.8 Å². The number of hydrogen-bond acceptors (Lipinski definition) is 11. The van der Waals surface area contributed by atoms with Crippen LogP contribution in [0.4, 0.5) is 27.8 Å². The van der Waals surface area contributed by atoms with Crippen LogP contribution < -0.4 is 21.3 Å². The Kier molecular flexibility index (Phi) is 12.8. The minimum absolute atomic E-state index is 0.0695. The zero-order valence-corrected chi connectivity index (χ0v) is 26.7. The largest absolute Gasteiger partial charge is 0.478 e. The number of carboxylic acids is 1. The lowest BCUT2D eigenvalue weighted by molar-refractivity contribution is 0.0422. The molecule has 15 heteroatoms. The number of rotatable bonds is 17. The molecular formula is C31H34Cl2N6O7. The number of nitrogens with zero attached hydrogens (tertiary/aromatic N) is 2. The average molecular weight is 674 g/mol. The van der Waals surface area contributed by atoms with Gasteiger partial charge in [-0.3, -0.25) is 0 Å². The highest BCUT2D eigenvalue weighted by Crippen LogP contribution is 2.34. The Balaban J connectivity index is 1.48. The summed E-state index contributed by atoms with van der Waals surface area (Å²) >= 11 is 12.5. The first-order chi connectivity index (χ1) is 22.2. The summed E-state index contributed by atoms with van der Waals surface area (Å²) in [5, 5.41) is 23.0. The highest BCUT2D eigenvalue weighted by atomic mass is 35.5. The molecule has 0 unspecified atom stereocenters. The van der Waals surface area contributed by atoms with Crippen molar-refractivity contribution < 1.29 is 33.3 Å². The molecule has 0 spiro atoms. The predicted molar refractivity (Wildman–Crippen MR) is 175 cm³/mol. The van der Waals surface area contributed by atoms with Gasteiger partial charge in [-0.05, 0) is 49.4 Å². The number of benzene rings is 2. The number of furan rings is 1. The fourth-order valence-corrected chi connectivity index (χ4v) is 4.56. The van der Waals surface area contributed by atoms with Gasteiger partial charge in [0.15, 0.2) is 11.6 Å². The third-order valence-corrected chi connectivity index (χ3v) is 6.87. The van der Waals surface area contributed by atoms with Gasteiger partial charge in [0, 0.05) is 30.8 Å². The highest BCUT2D eigenvalue weighted by Gasteiger charge is 2.18. The van der Waals surface area contributed by atoms with Gasteiger partial charge in [0.05, 0.1) is 42.6 Å². The second kappa shape index (κ2) is 17.2. The van der Waals surface area contributed by atoms with Crippen molar-refractivity contribution in [2.75, 3.05) is 62.6 Å². The van der Waals surface area contributed by atoms with Gasteiger partial charge < -0.3 is 45.0 Å². The molecule has 5 N–H and O–H groups in total. The molecule has 0 aliphatic rings. The summed E-state index contributed by atoms with van der Waals surface area (Å²) < 4.78 is 21.3. The quantitative estimate of drug-likeness (QED) is 0.0805. The molecule has 0 atom stereocenters. The minimum atomic E-state index is -1.09. The number of anilines is 4. The van der Waals surface area contributed by atoms with E-state index in [4.69, 9.17) is 41.8 Å². The molecule has 2 heterocycles. The first-order valence-electron chi connectivity index (χ1n) is 14.2. The lowest BCUT2D eigenvalue weighted by Crippen LogP contribution is -2.30. The van der Waals surface area contributed by atoms with Crippen LogP contribution in [0.2, 0.25) is 10.0 Å². The summed E-state index contributed by atoms with van der Waals surface area (Å²) in [6, 6.07) is 15.2. The van der Waals surface area contributed by atoms with Crippen molar-refractivity contribution in [3.8, 4) is 11.3 Å². The van der Waals surface area contributed by atoms with E-state index < -0.39 is 12.1 Å². The summed E-state index contributed by atoms with van der Waals surface area (Å²) in [5.41, 5.74) is 1.51. The molecule has 13 nitrogen and oxygen atoms in total. The topological polar surface area (TPSA) is 169 Å². The minimum Gasteiger partial charge on any atom is -0.478 e. The number of para-hydroxylation sites is 1. The number of methoxy groups -OCH3 is 1. The number of aryl methyl sites for hydroxylation is 1. The maximum absolute atomic E-state index is 12.0. The molecule has 46 heavy (non-hydrogen) atoms. The van der Waals surface area contributed by atoms with Crippen LogP contribution in [0.1, 0.15) is 21.9 Å². The first kappa shape index (κ1) is 34.3. The zero-order valence-electron chi connectivity index (χ0n) is 25.2. The fourth-order valence-electron chi connectivity index (χ4n) is 4.18. The molecule has 0 fully saturated rings. The summed E-state index contributed by atoms with van der Waals surface area (Å²) in [7, 11) is 1.58. The third kappa shape index (κ3) is 9.97. The van der Waals surface area contributed by atoms with E-state index in [-0.39, 0.29) is 38.4 Å². The van der Waals surface area contributed by atoms with E-state index in [0.717, 1.165) is 0 Å². The number of carboxylic acid groups (broad SMARTS) is 1. The van der Waals surface area contributed by atoms with E-state index in [0.29, 0.717) is 69.2 Å². The maximum Gasteiger partial charge on any atom is 0.407 e. The van der Waals surface area contributed by atoms with Gasteiger partial charge in [-0.1, -0.05) is 35.3 Å². The number of halogens is 2. The van der Waals surface area contributed by atoms with Crippen molar-refractivity contribution in [3.63, 3.8) is 0 Å². The van der Waals surface area contributed by atoms with Crippen LogP contribution >= 0.6 is 23.2 Å². The summed E-state index contributed by atoms with van der Waals surface area (Å²) in [6.07, 6.45) is -0.588. The van der Waals surface area contributed by atoms with Gasteiger partial charge in [-0.15, -0.1) is 0 Å². The van der Waals surface area contributed by atoms with Crippen LogP contribution in [0.15, 0.2) is 59.0 Å². The molecule has 4 rings (SSSR count). The standard InChI is InChI=1S/C31H34Cl2N6O7/c1-19-37-28(34-11-12-35-31(42)45-16-15-44-14-13-43-2)27(29(38-19)39-25-6-4-3-5-22(25)30(40)41)36-18-21-8-10-26(46-21)23-17-20(32)7-9-24(23)33/h3-10,17,36H,11-16,18H2,1-2H3,(H,35,42)(H,40,41)(H2,34,37,38,39). The second-order valence-electron chi connectivity index (χ2n) is 9.66. The Hall–Kier alpha value is -4.56. The zero-order chi connectivity index (χ0) is 32.9. The Morgan fingerprint density at radius 1 is 0.935 bits per heavy atom. The molecule has 0 aliphatic heterocycles. The average Bonchev–Trinajstić information content (AvgIpc) is 3.50. The van der Waals surface area contributed by atoms with E-state index in [1.807, 2.05) is 0 Å². The van der Waals surface area contributed by atoms with E-state index in [2.05, 4.69) is 31.2 Å². The van der Waals surface area contributed by atoms with E-state index in [9.17, 15) is 14.7 Å². The van der Waals surface area contributed by atoms with E-state index in [1.54, 1.807) is 62.6 Å². The molecule has 0 aliphatic carbocycles. The predicted octanol–water partition coefficient (Wildman–Crippen LogP) is 6.21. The lowest BCUT2D eigenvalue weighted by Gasteiger charge is -2.18. The van der Waals surface area contributed by atoms with Crippen molar-refractivity contribution in [2.45, 2.75) is 13.5 Å². The number of alkyl carbamates (subject to hydrolysis) is 1.